The van der Waals surface area contributed by atoms with Gasteiger partial charge in [0.15, 0.2) is 0 Å². The highest BCUT2D eigenvalue weighted by molar-refractivity contribution is 7.08. The van der Waals surface area contributed by atoms with Crippen molar-refractivity contribution in [2.24, 2.45) is 0 Å². The highest BCUT2D eigenvalue weighted by Gasteiger charge is 2.44. The van der Waals surface area contributed by atoms with Crippen LogP contribution in [0.1, 0.15) is 18.5 Å². The molecule has 0 spiro atoms. The fourth-order valence-electron chi connectivity index (χ4n) is 3.75. The van der Waals surface area contributed by atoms with E-state index in [0.29, 0.717) is 29.3 Å². The third kappa shape index (κ3) is 3.63. The molecule has 1 atom stereocenters. The molecule has 1 unspecified atom stereocenters. The second-order valence-electron chi connectivity index (χ2n) is 6.98. The Hall–Kier alpha value is -3.33. The summed E-state index contributed by atoms with van der Waals surface area (Å²) in [4.78, 5) is 41.3. The molecule has 1 aromatic carbocycles. The first-order chi connectivity index (χ1) is 14.5. The largest absolute Gasteiger partial charge is 0.497 e. The molecule has 4 amide bonds. The summed E-state index contributed by atoms with van der Waals surface area (Å²) < 4.78 is 5.11. The van der Waals surface area contributed by atoms with E-state index in [-0.39, 0.29) is 30.9 Å². The van der Waals surface area contributed by atoms with Crippen LogP contribution in [0.15, 0.2) is 52.4 Å². The first kappa shape index (κ1) is 20.0. The number of hydrogen-bond acceptors (Lipinski definition) is 5. The van der Waals surface area contributed by atoms with Gasteiger partial charge in [-0.15, -0.1) is 0 Å². The molecule has 0 bridgehead atoms. The summed E-state index contributed by atoms with van der Waals surface area (Å²) in [7, 11) is 1.57. The van der Waals surface area contributed by atoms with Crippen molar-refractivity contribution in [1.29, 1.82) is 0 Å². The van der Waals surface area contributed by atoms with E-state index in [1.807, 2.05) is 23.8 Å². The van der Waals surface area contributed by atoms with Crippen molar-refractivity contribution in [3.8, 4) is 5.75 Å². The van der Waals surface area contributed by atoms with Crippen molar-refractivity contribution in [2.45, 2.75) is 13.0 Å². The maximum Gasteiger partial charge on any atom is 0.322 e. The Labute approximate surface area is 178 Å². The van der Waals surface area contributed by atoms with Crippen molar-refractivity contribution in [2.75, 3.05) is 32.1 Å². The smallest absolute Gasteiger partial charge is 0.322 e. The normalized spacial score (nSPS) is 18.4. The van der Waals surface area contributed by atoms with E-state index in [9.17, 15) is 14.4 Å². The van der Waals surface area contributed by atoms with Crippen LogP contribution in [0.3, 0.4) is 0 Å². The van der Waals surface area contributed by atoms with E-state index in [4.69, 9.17) is 4.74 Å². The van der Waals surface area contributed by atoms with Gasteiger partial charge in [0.1, 0.15) is 12.3 Å². The minimum atomic E-state index is -0.497. The number of anilines is 1. The molecule has 2 aromatic rings. The number of ether oxygens (including phenoxy) is 1. The maximum atomic E-state index is 13.2. The molecular weight excluding hydrogens is 404 g/mol. The lowest BCUT2D eigenvalue weighted by Crippen LogP contribution is -2.47. The molecule has 2 N–H and O–H groups in total. The summed E-state index contributed by atoms with van der Waals surface area (Å²) >= 11 is 1.51. The Balaban J connectivity index is 1.51. The van der Waals surface area contributed by atoms with Crippen molar-refractivity contribution >= 4 is 34.9 Å². The molecule has 0 fully saturated rings. The third-order valence-corrected chi connectivity index (χ3v) is 5.90. The monoisotopic (exact) mass is 426 g/mol. The molecule has 3 heterocycles. The summed E-state index contributed by atoms with van der Waals surface area (Å²) in [6, 6.07) is 8.14. The van der Waals surface area contributed by atoms with Gasteiger partial charge in [0.05, 0.1) is 31.0 Å². The van der Waals surface area contributed by atoms with E-state index in [1.54, 1.807) is 36.3 Å². The molecule has 8 nitrogen and oxygen atoms in total. The number of methoxy groups -OCH3 is 1. The SMILES string of the molecule is CCN1C(=O)NC(c2ccsc2)C2=C1CN(CC(=O)Nc1ccc(OC)cc1)C2=O. The standard InChI is InChI=1S/C21H22N4O4S/c1-3-25-16-10-24(11-17(26)22-14-4-6-15(29-2)7-5-14)20(27)18(16)19(23-21(25)28)13-8-9-30-12-13/h4-9,12,19H,3,10-11H2,1-2H3,(H,22,26)(H,23,28). The van der Waals surface area contributed by atoms with Gasteiger partial charge in [-0.3, -0.25) is 14.5 Å². The van der Waals surface area contributed by atoms with Gasteiger partial charge in [-0.25, -0.2) is 4.79 Å². The topological polar surface area (TPSA) is 91.0 Å². The van der Waals surface area contributed by atoms with Crippen LogP contribution in [0.25, 0.3) is 0 Å². The second kappa shape index (κ2) is 8.19. The van der Waals surface area contributed by atoms with Gasteiger partial charge in [0.2, 0.25) is 5.91 Å². The van der Waals surface area contributed by atoms with Crippen LogP contribution in [0.5, 0.6) is 5.75 Å². The lowest BCUT2D eigenvalue weighted by atomic mass is 9.98. The van der Waals surface area contributed by atoms with Crippen LogP contribution in [0.4, 0.5) is 10.5 Å². The van der Waals surface area contributed by atoms with Gasteiger partial charge in [-0.2, -0.15) is 11.3 Å². The number of amides is 4. The average Bonchev–Trinajstić information content (AvgIpc) is 3.37. The van der Waals surface area contributed by atoms with E-state index >= 15 is 0 Å². The lowest BCUT2D eigenvalue weighted by Gasteiger charge is -2.32. The number of thiophene rings is 1. The van der Waals surface area contributed by atoms with Gasteiger partial charge in [-0.1, -0.05) is 0 Å². The Morgan fingerprint density at radius 1 is 1.27 bits per heavy atom. The summed E-state index contributed by atoms with van der Waals surface area (Å²) in [6.07, 6.45) is 0. The van der Waals surface area contributed by atoms with Crippen molar-refractivity contribution in [1.82, 2.24) is 15.1 Å². The first-order valence-corrected chi connectivity index (χ1v) is 10.5. The Bertz CT molecular complexity index is 1000. The van der Waals surface area contributed by atoms with Crippen LogP contribution in [0, 0.1) is 0 Å². The summed E-state index contributed by atoms with van der Waals surface area (Å²) in [5.41, 5.74) is 2.69. The molecule has 9 heteroatoms. The molecule has 2 aliphatic rings. The summed E-state index contributed by atoms with van der Waals surface area (Å²) in [6.45, 7) is 2.44. The predicted octanol–water partition coefficient (Wildman–Crippen LogP) is 2.58. The van der Waals surface area contributed by atoms with Crippen LogP contribution in [0.2, 0.25) is 0 Å². The molecule has 0 radical (unpaired) electrons. The van der Waals surface area contributed by atoms with Crippen molar-refractivity contribution in [3.63, 3.8) is 0 Å². The van der Waals surface area contributed by atoms with Crippen LogP contribution >= 0.6 is 11.3 Å². The zero-order valence-electron chi connectivity index (χ0n) is 16.7. The van der Waals surface area contributed by atoms with E-state index in [1.165, 1.54) is 16.2 Å². The minimum Gasteiger partial charge on any atom is -0.497 e. The van der Waals surface area contributed by atoms with Gasteiger partial charge >= 0.3 is 6.03 Å². The number of likely N-dealkylation sites (N-methyl/N-ethyl adjacent to an activating group) is 1. The predicted molar refractivity (Wildman–Crippen MR) is 113 cm³/mol. The van der Waals surface area contributed by atoms with Crippen LogP contribution in [-0.4, -0.2) is 54.4 Å². The zero-order valence-corrected chi connectivity index (χ0v) is 17.5. The van der Waals surface area contributed by atoms with Crippen molar-refractivity contribution in [3.05, 3.63) is 57.9 Å². The summed E-state index contributed by atoms with van der Waals surface area (Å²) in [5, 5.41) is 9.55. The minimum absolute atomic E-state index is 0.0973. The summed E-state index contributed by atoms with van der Waals surface area (Å²) in [5.74, 6) is 0.156. The fourth-order valence-corrected chi connectivity index (χ4v) is 4.43. The number of benzene rings is 1. The number of nitrogens with one attached hydrogen (secondary N) is 2. The van der Waals surface area contributed by atoms with Crippen molar-refractivity contribution < 1.29 is 19.1 Å². The first-order valence-electron chi connectivity index (χ1n) is 9.58. The third-order valence-electron chi connectivity index (χ3n) is 5.20. The zero-order chi connectivity index (χ0) is 21.3. The Morgan fingerprint density at radius 3 is 2.67 bits per heavy atom. The molecule has 30 heavy (non-hydrogen) atoms. The maximum absolute atomic E-state index is 13.2. The number of urea groups is 1. The van der Waals surface area contributed by atoms with Crippen LogP contribution in [-0.2, 0) is 9.59 Å². The number of rotatable bonds is 6. The molecule has 0 saturated carbocycles. The average molecular weight is 426 g/mol. The van der Waals surface area contributed by atoms with Gasteiger partial charge < -0.3 is 20.3 Å². The molecule has 0 aliphatic carbocycles. The van der Waals surface area contributed by atoms with E-state index in [0.717, 1.165) is 5.56 Å². The quantitative estimate of drug-likeness (QED) is 0.743. The lowest BCUT2D eigenvalue weighted by molar-refractivity contribution is -0.130. The Morgan fingerprint density at radius 2 is 2.03 bits per heavy atom. The molecule has 156 valence electrons. The van der Waals surface area contributed by atoms with Gasteiger partial charge in [0, 0.05) is 12.2 Å². The van der Waals surface area contributed by atoms with E-state index in [2.05, 4.69) is 10.6 Å². The number of nitrogens with zero attached hydrogens (tertiary/aromatic N) is 2. The molecule has 0 saturated heterocycles. The Kier molecular flexibility index (Phi) is 5.45. The fraction of sp³-hybridized carbons (Fsp3) is 0.286. The van der Waals surface area contributed by atoms with Crippen LogP contribution < -0.4 is 15.4 Å². The molecular formula is C21H22N4O4S. The number of carbonyl (C=O) groups excluding carboxylic acids is 3. The molecule has 2 aliphatic heterocycles. The molecule has 4 rings (SSSR count). The second-order valence-corrected chi connectivity index (χ2v) is 7.76. The highest BCUT2D eigenvalue weighted by atomic mass is 32.1. The number of hydrogen-bond donors (Lipinski definition) is 2. The van der Waals surface area contributed by atoms with Gasteiger partial charge in [0.25, 0.3) is 5.91 Å². The molecule has 1 aromatic heterocycles. The number of carbonyl (C=O) groups is 3. The highest BCUT2D eigenvalue weighted by Crippen LogP contribution is 2.36. The van der Waals surface area contributed by atoms with Gasteiger partial charge in [-0.05, 0) is 53.6 Å². The van der Waals surface area contributed by atoms with E-state index < -0.39 is 6.04 Å².